The number of benzene rings is 2. The third-order valence-electron chi connectivity index (χ3n) is 7.98. The number of nitrogens with one attached hydrogen (secondary N) is 2. The van der Waals surface area contributed by atoms with Crippen LogP contribution in [0, 0.1) is 23.2 Å². The van der Waals surface area contributed by atoms with Crippen LogP contribution < -0.4 is 20.3 Å². The minimum absolute atomic E-state index is 0.214. The van der Waals surface area contributed by atoms with Crippen LogP contribution in [0.2, 0.25) is 0 Å². The van der Waals surface area contributed by atoms with Crippen molar-refractivity contribution >= 4 is 29.2 Å². The van der Waals surface area contributed by atoms with Crippen LogP contribution in [-0.2, 0) is 20.5 Å². The highest BCUT2D eigenvalue weighted by atomic mass is 19.4. The number of halogens is 3. The van der Waals surface area contributed by atoms with E-state index >= 15 is 0 Å². The lowest BCUT2D eigenvalue weighted by Gasteiger charge is -2.45. The SMILES string of the molecule is CCNC(=O)Nc1ccc(OCCN2C[C@@]3(C)O[C@](C)(C2)[C@@H]2C(=O)N(c4ccc(C#N)c(C(F)(F)F)c4)C(=O)C23)cc1. The summed E-state index contributed by atoms with van der Waals surface area (Å²) in [4.78, 5) is 41.8. The molecular weight excluding hydrogens is 555 g/mol. The van der Waals surface area contributed by atoms with Crippen LogP contribution in [0.5, 0.6) is 5.75 Å². The molecule has 2 aromatic carbocycles. The zero-order valence-corrected chi connectivity index (χ0v) is 23.2. The second-order valence-corrected chi connectivity index (χ2v) is 11.1. The van der Waals surface area contributed by atoms with Gasteiger partial charge in [0.25, 0.3) is 0 Å². The molecule has 3 aliphatic heterocycles. The van der Waals surface area contributed by atoms with Crippen LogP contribution in [0.4, 0.5) is 29.3 Å². The molecule has 2 aromatic rings. The minimum atomic E-state index is -4.83. The molecule has 0 spiro atoms. The van der Waals surface area contributed by atoms with Gasteiger partial charge in [-0.1, -0.05) is 0 Å². The molecule has 0 radical (unpaired) electrons. The smallest absolute Gasteiger partial charge is 0.417 e. The van der Waals surface area contributed by atoms with Crippen molar-refractivity contribution in [1.29, 1.82) is 5.26 Å². The zero-order chi connectivity index (χ0) is 30.4. The molecule has 222 valence electrons. The second kappa shape index (κ2) is 10.6. The van der Waals surface area contributed by atoms with Crippen LogP contribution >= 0.6 is 0 Å². The van der Waals surface area contributed by atoms with Crippen molar-refractivity contribution in [2.24, 2.45) is 11.8 Å². The highest BCUT2D eigenvalue weighted by Crippen LogP contribution is 2.55. The van der Waals surface area contributed by atoms with E-state index in [2.05, 4.69) is 15.5 Å². The number of imide groups is 1. The standard InChI is InChI=1S/C29H30F3N5O5/c1-4-34-26(40)35-18-6-9-20(10-7-18)41-12-11-36-15-27(2)22-23(28(3,16-36)42-27)25(39)37(24(22)38)19-8-5-17(14-33)21(13-19)29(30,31)32/h5-10,13,22-23H,4,11-12,15-16H2,1-3H3,(H2,34,35,40)/t22-,23?,27+,28+/m0/s1. The van der Waals surface area contributed by atoms with Crippen molar-refractivity contribution in [2.75, 3.05) is 43.0 Å². The topological polar surface area (TPSA) is 124 Å². The Morgan fingerprint density at radius 3 is 2.26 bits per heavy atom. The first-order chi connectivity index (χ1) is 19.8. The van der Waals surface area contributed by atoms with Crippen LogP contribution in [-0.4, -0.2) is 66.7 Å². The first-order valence-corrected chi connectivity index (χ1v) is 13.5. The summed E-state index contributed by atoms with van der Waals surface area (Å²) in [5.41, 5.74) is -3.49. The van der Waals surface area contributed by atoms with E-state index in [1.165, 1.54) is 12.1 Å². The molecule has 0 aromatic heterocycles. The number of hydrogen-bond acceptors (Lipinski definition) is 7. The number of amides is 4. The number of fused-ring (bicyclic) bond motifs is 5. The van der Waals surface area contributed by atoms with Crippen molar-refractivity contribution in [3.63, 3.8) is 0 Å². The van der Waals surface area contributed by atoms with Gasteiger partial charge in [0.05, 0.1) is 45.9 Å². The summed E-state index contributed by atoms with van der Waals surface area (Å²) < 4.78 is 53.0. The summed E-state index contributed by atoms with van der Waals surface area (Å²) in [6.07, 6.45) is -4.83. The van der Waals surface area contributed by atoms with Gasteiger partial charge in [-0.15, -0.1) is 0 Å². The number of ether oxygens (including phenoxy) is 2. The van der Waals surface area contributed by atoms with E-state index in [1.54, 1.807) is 38.1 Å². The first-order valence-electron chi connectivity index (χ1n) is 13.5. The molecule has 2 N–H and O–H groups in total. The lowest BCUT2D eigenvalue weighted by atomic mass is 9.79. The Morgan fingerprint density at radius 2 is 1.71 bits per heavy atom. The van der Waals surface area contributed by atoms with Crippen molar-refractivity contribution in [3.8, 4) is 11.8 Å². The molecule has 3 aliphatic rings. The Bertz CT molecular complexity index is 1420. The predicted octanol–water partition coefficient (Wildman–Crippen LogP) is 3.77. The molecule has 1 unspecified atom stereocenters. The molecular formula is C29H30F3N5O5. The number of nitriles is 1. The first kappa shape index (κ1) is 29.3. The van der Waals surface area contributed by atoms with Crippen molar-refractivity contribution < 1.29 is 37.0 Å². The number of anilines is 2. The predicted molar refractivity (Wildman–Crippen MR) is 145 cm³/mol. The van der Waals surface area contributed by atoms with Gasteiger partial charge in [0.2, 0.25) is 11.8 Å². The summed E-state index contributed by atoms with van der Waals surface area (Å²) in [7, 11) is 0. The largest absolute Gasteiger partial charge is 0.492 e. The van der Waals surface area contributed by atoms with E-state index in [0.29, 0.717) is 50.3 Å². The third-order valence-corrected chi connectivity index (χ3v) is 7.98. The minimum Gasteiger partial charge on any atom is -0.492 e. The number of likely N-dealkylation sites (tertiary alicyclic amines) is 1. The van der Waals surface area contributed by atoms with Crippen LogP contribution in [0.15, 0.2) is 42.5 Å². The molecule has 4 atom stereocenters. The van der Waals surface area contributed by atoms with Crippen LogP contribution in [0.25, 0.3) is 0 Å². The van der Waals surface area contributed by atoms with E-state index in [4.69, 9.17) is 14.7 Å². The maximum absolute atomic E-state index is 13.6. The van der Waals surface area contributed by atoms with Crippen molar-refractivity contribution in [2.45, 2.75) is 38.1 Å². The molecule has 3 heterocycles. The molecule has 3 saturated heterocycles. The highest BCUT2D eigenvalue weighted by molar-refractivity contribution is 6.23. The number of alkyl halides is 3. The average Bonchev–Trinajstić information content (AvgIpc) is 3.29. The summed E-state index contributed by atoms with van der Waals surface area (Å²) >= 11 is 0. The van der Waals surface area contributed by atoms with Gasteiger partial charge in [-0.2, -0.15) is 18.4 Å². The monoisotopic (exact) mass is 585 g/mol. The Balaban J connectivity index is 1.27. The molecule has 4 amide bonds. The van der Waals surface area contributed by atoms with Crippen molar-refractivity contribution in [1.82, 2.24) is 10.2 Å². The molecule has 13 heteroatoms. The van der Waals surface area contributed by atoms with E-state index in [1.807, 2.05) is 6.92 Å². The fourth-order valence-electron chi connectivity index (χ4n) is 6.44. The van der Waals surface area contributed by atoms with Gasteiger partial charge in [-0.3, -0.25) is 14.5 Å². The van der Waals surface area contributed by atoms with Crippen LogP contribution in [0.3, 0.4) is 0 Å². The maximum Gasteiger partial charge on any atom is 0.417 e. The number of carbonyl (C=O) groups excluding carboxylic acids is 3. The summed E-state index contributed by atoms with van der Waals surface area (Å²) in [5.74, 6) is -2.39. The van der Waals surface area contributed by atoms with Crippen LogP contribution in [0.1, 0.15) is 31.9 Å². The normalized spacial score (nSPS) is 27.0. The Kier molecular flexibility index (Phi) is 7.40. The Labute approximate surface area is 240 Å². The van der Waals surface area contributed by atoms with Gasteiger partial charge >= 0.3 is 12.2 Å². The fourth-order valence-corrected chi connectivity index (χ4v) is 6.44. The Hall–Kier alpha value is -4.15. The van der Waals surface area contributed by atoms with Gasteiger partial charge in [0, 0.05) is 31.9 Å². The van der Waals surface area contributed by atoms with E-state index < -0.39 is 52.2 Å². The lowest BCUT2D eigenvalue weighted by molar-refractivity contribution is -0.169. The van der Waals surface area contributed by atoms with Gasteiger partial charge in [0.15, 0.2) is 0 Å². The molecule has 42 heavy (non-hydrogen) atoms. The zero-order valence-electron chi connectivity index (χ0n) is 23.2. The molecule has 10 nitrogen and oxygen atoms in total. The number of urea groups is 1. The Morgan fingerprint density at radius 1 is 1.10 bits per heavy atom. The molecule has 0 saturated carbocycles. The highest BCUT2D eigenvalue weighted by Gasteiger charge is 2.71. The summed E-state index contributed by atoms with van der Waals surface area (Å²) in [5, 5.41) is 14.5. The van der Waals surface area contributed by atoms with Crippen molar-refractivity contribution in [3.05, 3.63) is 53.6 Å². The van der Waals surface area contributed by atoms with E-state index in [9.17, 15) is 27.6 Å². The quantitative estimate of drug-likeness (QED) is 0.474. The third kappa shape index (κ3) is 5.16. The lowest BCUT2D eigenvalue weighted by Crippen LogP contribution is -2.58. The number of hydrogen-bond donors (Lipinski definition) is 2. The van der Waals surface area contributed by atoms with Gasteiger partial charge in [0.1, 0.15) is 12.4 Å². The summed E-state index contributed by atoms with van der Waals surface area (Å²) in [6.45, 7) is 7.24. The fraction of sp³-hybridized carbons (Fsp3) is 0.448. The molecule has 3 fully saturated rings. The van der Waals surface area contributed by atoms with E-state index in [0.717, 1.165) is 11.0 Å². The number of morpholine rings is 1. The molecule has 5 rings (SSSR count). The second-order valence-electron chi connectivity index (χ2n) is 11.1. The number of nitrogens with zero attached hydrogens (tertiary/aromatic N) is 3. The molecule has 0 aliphatic carbocycles. The summed E-state index contributed by atoms with van der Waals surface area (Å²) in [6, 6.07) is 11.0. The number of rotatable bonds is 7. The van der Waals surface area contributed by atoms with E-state index in [-0.39, 0.29) is 11.7 Å². The van der Waals surface area contributed by atoms with Gasteiger partial charge < -0.3 is 20.1 Å². The molecule has 2 bridgehead atoms. The average molecular weight is 586 g/mol. The van der Waals surface area contributed by atoms with Gasteiger partial charge in [-0.25, -0.2) is 9.69 Å². The maximum atomic E-state index is 13.6. The number of carbonyl (C=O) groups is 3. The van der Waals surface area contributed by atoms with Gasteiger partial charge in [-0.05, 0) is 63.2 Å².